The minimum absolute atomic E-state index is 0.0654. The molecule has 0 saturated carbocycles. The lowest BCUT2D eigenvalue weighted by molar-refractivity contribution is -0.123. The van der Waals surface area contributed by atoms with Crippen LogP contribution in [-0.4, -0.2) is 32.5 Å². The van der Waals surface area contributed by atoms with Gasteiger partial charge in [-0.05, 0) is 24.6 Å². The normalized spacial score (nSPS) is 11.4. The van der Waals surface area contributed by atoms with Crippen LogP contribution in [0.2, 0.25) is 0 Å². The van der Waals surface area contributed by atoms with Crippen LogP contribution < -0.4 is 16.2 Å². The number of carbonyl (C=O) groups excluding carboxylic acids is 3. The van der Waals surface area contributed by atoms with Crippen molar-refractivity contribution in [3.63, 3.8) is 0 Å². The van der Waals surface area contributed by atoms with Crippen LogP contribution in [0.3, 0.4) is 0 Å². The van der Waals surface area contributed by atoms with E-state index in [4.69, 9.17) is 0 Å². The minimum Gasteiger partial charge on any atom is -0.349 e. The summed E-state index contributed by atoms with van der Waals surface area (Å²) in [6.07, 6.45) is -0.0654. The first-order chi connectivity index (χ1) is 17.4. The number of hydrogen-bond acceptors (Lipinski definition) is 5. The van der Waals surface area contributed by atoms with Crippen LogP contribution in [0.5, 0.6) is 0 Å². The molecule has 0 aliphatic carbocycles. The van der Waals surface area contributed by atoms with Crippen molar-refractivity contribution in [3.8, 4) is 17.1 Å². The number of rotatable bonds is 7. The fourth-order valence-electron chi connectivity index (χ4n) is 3.65. The number of hydrazine groups is 1. The number of aryl methyl sites for hydroxylation is 1. The van der Waals surface area contributed by atoms with E-state index in [0.29, 0.717) is 5.82 Å². The van der Waals surface area contributed by atoms with Gasteiger partial charge in [0.1, 0.15) is 0 Å². The molecule has 3 amide bonds. The van der Waals surface area contributed by atoms with E-state index in [-0.39, 0.29) is 18.2 Å². The largest absolute Gasteiger partial charge is 0.349 e. The van der Waals surface area contributed by atoms with Crippen molar-refractivity contribution in [2.45, 2.75) is 26.3 Å². The second kappa shape index (κ2) is 11.1. The Bertz CT molecular complexity index is 1290. The van der Waals surface area contributed by atoms with Gasteiger partial charge in [-0.15, -0.1) is 5.10 Å². The van der Waals surface area contributed by atoms with Crippen molar-refractivity contribution in [1.29, 1.82) is 0 Å². The van der Waals surface area contributed by atoms with Crippen molar-refractivity contribution in [3.05, 3.63) is 102 Å². The first kappa shape index (κ1) is 24.3. The van der Waals surface area contributed by atoms with Gasteiger partial charge in [-0.25, -0.2) is 9.67 Å². The molecule has 1 aromatic heterocycles. The lowest BCUT2D eigenvalue weighted by atomic mass is 10.0. The highest BCUT2D eigenvalue weighted by Crippen LogP contribution is 2.21. The van der Waals surface area contributed by atoms with Crippen LogP contribution >= 0.6 is 0 Å². The van der Waals surface area contributed by atoms with Crippen molar-refractivity contribution in [1.82, 2.24) is 30.9 Å². The Balaban J connectivity index is 1.48. The lowest BCUT2D eigenvalue weighted by Crippen LogP contribution is -2.43. The van der Waals surface area contributed by atoms with E-state index in [9.17, 15) is 14.4 Å². The molecule has 3 aromatic carbocycles. The monoisotopic (exact) mass is 482 g/mol. The molecule has 1 heterocycles. The molecule has 0 aliphatic heterocycles. The molecule has 0 spiro atoms. The topological polar surface area (TPSA) is 118 Å². The molecule has 0 saturated heterocycles. The fourth-order valence-corrected chi connectivity index (χ4v) is 3.65. The van der Waals surface area contributed by atoms with Crippen LogP contribution in [0.1, 0.15) is 41.1 Å². The third kappa shape index (κ3) is 6.01. The Morgan fingerprint density at radius 1 is 0.861 bits per heavy atom. The van der Waals surface area contributed by atoms with E-state index >= 15 is 0 Å². The zero-order valence-electron chi connectivity index (χ0n) is 19.9. The summed E-state index contributed by atoms with van der Waals surface area (Å²) < 4.78 is 1.58. The summed E-state index contributed by atoms with van der Waals surface area (Å²) in [5.41, 5.74) is 8.14. The number of aromatic nitrogens is 3. The average Bonchev–Trinajstić information content (AvgIpc) is 3.34. The molecule has 0 radical (unpaired) electrons. The van der Waals surface area contributed by atoms with E-state index in [0.717, 1.165) is 22.4 Å². The van der Waals surface area contributed by atoms with Gasteiger partial charge in [0, 0.05) is 12.5 Å². The zero-order valence-corrected chi connectivity index (χ0v) is 19.9. The highest BCUT2D eigenvalue weighted by atomic mass is 16.2. The molecule has 3 N–H and O–H groups in total. The van der Waals surface area contributed by atoms with Crippen LogP contribution in [-0.2, 0) is 9.59 Å². The Hall–Kier alpha value is -4.79. The molecule has 1 unspecified atom stereocenters. The average molecular weight is 483 g/mol. The number of benzene rings is 3. The lowest BCUT2D eigenvalue weighted by Gasteiger charge is -2.18. The molecule has 9 heteroatoms. The van der Waals surface area contributed by atoms with Crippen molar-refractivity contribution < 1.29 is 14.4 Å². The van der Waals surface area contributed by atoms with Gasteiger partial charge in [0.05, 0.1) is 18.2 Å². The van der Waals surface area contributed by atoms with E-state index in [1.54, 1.807) is 4.68 Å². The number of nitrogens with zero attached hydrogens (tertiary/aromatic N) is 3. The fraction of sp³-hybridized carbons (Fsp3) is 0.148. The van der Waals surface area contributed by atoms with E-state index in [1.165, 1.54) is 6.92 Å². The van der Waals surface area contributed by atoms with Crippen molar-refractivity contribution in [2.24, 2.45) is 0 Å². The first-order valence-electron chi connectivity index (χ1n) is 11.4. The smallest absolute Gasteiger partial charge is 0.309 e. The van der Waals surface area contributed by atoms with Gasteiger partial charge in [0.25, 0.3) is 0 Å². The van der Waals surface area contributed by atoms with Gasteiger partial charge in [-0.2, -0.15) is 0 Å². The molecule has 1 atom stereocenters. The third-order valence-electron chi connectivity index (χ3n) is 5.41. The van der Waals surface area contributed by atoms with Crippen LogP contribution in [0.25, 0.3) is 17.1 Å². The van der Waals surface area contributed by atoms with Crippen LogP contribution in [0, 0.1) is 6.92 Å². The van der Waals surface area contributed by atoms with Crippen LogP contribution in [0.4, 0.5) is 0 Å². The van der Waals surface area contributed by atoms with Gasteiger partial charge in [-0.1, -0.05) is 78.4 Å². The van der Waals surface area contributed by atoms with Crippen LogP contribution in [0.15, 0.2) is 84.9 Å². The Kier molecular flexibility index (Phi) is 7.50. The number of amides is 3. The molecule has 182 valence electrons. The molecular weight excluding hydrogens is 456 g/mol. The maximum absolute atomic E-state index is 12.8. The van der Waals surface area contributed by atoms with E-state index in [2.05, 4.69) is 26.3 Å². The summed E-state index contributed by atoms with van der Waals surface area (Å²) in [6.45, 7) is 3.34. The highest BCUT2D eigenvalue weighted by Gasteiger charge is 2.21. The molecule has 0 aliphatic rings. The first-order valence-corrected chi connectivity index (χ1v) is 11.4. The Morgan fingerprint density at radius 2 is 1.50 bits per heavy atom. The molecule has 9 nitrogen and oxygen atoms in total. The molecule has 4 aromatic rings. The van der Waals surface area contributed by atoms with Gasteiger partial charge >= 0.3 is 5.91 Å². The number of carbonyl (C=O) groups is 3. The maximum atomic E-state index is 12.8. The summed E-state index contributed by atoms with van der Waals surface area (Å²) in [4.78, 5) is 41.5. The molecule has 0 bridgehead atoms. The van der Waals surface area contributed by atoms with Crippen molar-refractivity contribution in [2.75, 3.05) is 0 Å². The number of nitrogens with one attached hydrogen (secondary N) is 3. The van der Waals surface area contributed by atoms with Crippen molar-refractivity contribution >= 4 is 17.7 Å². The summed E-state index contributed by atoms with van der Waals surface area (Å²) in [6, 6.07) is 25.7. The predicted molar refractivity (Wildman–Crippen MR) is 135 cm³/mol. The Labute approximate surface area is 208 Å². The minimum atomic E-state index is -0.665. The second-order valence-electron chi connectivity index (χ2n) is 8.24. The SMILES string of the molecule is CC(=O)NC(CC(=O)NNC(=O)c1nc(-c2ccccc2)n(-c2ccccc2)n1)c1ccc(C)cc1. The highest BCUT2D eigenvalue weighted by molar-refractivity contribution is 5.92. The zero-order chi connectivity index (χ0) is 25.5. The Morgan fingerprint density at radius 3 is 2.14 bits per heavy atom. The van der Waals surface area contributed by atoms with Gasteiger partial charge in [-0.3, -0.25) is 25.2 Å². The standard InChI is InChI=1S/C27H26N6O3/c1-18-13-15-20(16-14-18)23(28-19(2)34)17-24(35)30-31-27(36)25-29-26(21-9-5-3-6-10-21)33(32-25)22-11-7-4-8-12-22/h3-16,23H,17H2,1-2H3,(H,28,34)(H,30,35)(H,31,36). The van der Waals surface area contributed by atoms with E-state index < -0.39 is 17.9 Å². The number of para-hydroxylation sites is 1. The predicted octanol–water partition coefficient (Wildman–Crippen LogP) is 3.27. The second-order valence-corrected chi connectivity index (χ2v) is 8.24. The maximum Gasteiger partial charge on any atom is 0.309 e. The number of hydrogen-bond donors (Lipinski definition) is 3. The van der Waals surface area contributed by atoms with Gasteiger partial charge in [0.15, 0.2) is 5.82 Å². The quantitative estimate of drug-likeness (QED) is 0.350. The van der Waals surface area contributed by atoms with Gasteiger partial charge < -0.3 is 5.32 Å². The summed E-state index contributed by atoms with van der Waals surface area (Å²) in [5, 5.41) is 7.15. The third-order valence-corrected chi connectivity index (χ3v) is 5.41. The van der Waals surface area contributed by atoms with E-state index in [1.807, 2.05) is 91.9 Å². The molecule has 0 fully saturated rings. The summed E-state index contributed by atoms with van der Waals surface area (Å²) in [7, 11) is 0. The van der Waals surface area contributed by atoms with Gasteiger partial charge in [0.2, 0.25) is 17.6 Å². The molecular formula is C27H26N6O3. The summed E-state index contributed by atoms with van der Waals surface area (Å²) in [5.74, 6) is -1.02. The molecule has 4 rings (SSSR count). The molecule has 36 heavy (non-hydrogen) atoms. The summed E-state index contributed by atoms with van der Waals surface area (Å²) >= 11 is 0.